The van der Waals surface area contributed by atoms with Gasteiger partial charge in [0.15, 0.2) is 0 Å². The van der Waals surface area contributed by atoms with Gasteiger partial charge in [0.1, 0.15) is 0 Å². The molecule has 1 aliphatic carbocycles. The van der Waals surface area contributed by atoms with Crippen LogP contribution in [-0.2, 0) is 9.47 Å². The van der Waals surface area contributed by atoms with E-state index in [1.54, 1.807) is 7.11 Å². The number of hydrogen-bond acceptors (Lipinski definition) is 4. The third-order valence-corrected chi connectivity index (χ3v) is 3.33. The molecule has 0 aliphatic heterocycles. The van der Waals surface area contributed by atoms with E-state index >= 15 is 0 Å². The molecular weight excluding hydrogens is 206 g/mol. The Labute approximate surface area is 98.3 Å². The summed E-state index contributed by atoms with van der Waals surface area (Å²) in [4.78, 5) is 0. The lowest BCUT2D eigenvalue weighted by Gasteiger charge is -2.45. The van der Waals surface area contributed by atoms with Crippen LogP contribution in [0.15, 0.2) is 0 Å². The molecule has 0 heterocycles. The van der Waals surface area contributed by atoms with Gasteiger partial charge in [-0.3, -0.25) is 0 Å². The molecule has 4 atom stereocenters. The first-order chi connectivity index (χ1) is 7.63. The van der Waals surface area contributed by atoms with Gasteiger partial charge in [0, 0.05) is 25.8 Å². The second kappa shape index (κ2) is 6.55. The van der Waals surface area contributed by atoms with E-state index in [-0.39, 0.29) is 24.9 Å². The van der Waals surface area contributed by atoms with Gasteiger partial charge >= 0.3 is 0 Å². The zero-order valence-corrected chi connectivity index (χ0v) is 10.8. The van der Waals surface area contributed by atoms with E-state index < -0.39 is 0 Å². The van der Waals surface area contributed by atoms with Crippen LogP contribution < -0.4 is 5.32 Å². The molecule has 0 amide bonds. The monoisotopic (exact) mass is 231 g/mol. The smallest absolute Gasteiger partial charge is 0.0986 e. The third-order valence-electron chi connectivity index (χ3n) is 3.33. The van der Waals surface area contributed by atoms with E-state index in [1.165, 1.54) is 0 Å². The van der Waals surface area contributed by atoms with Gasteiger partial charge in [-0.15, -0.1) is 0 Å². The van der Waals surface area contributed by atoms with Crippen molar-refractivity contribution < 1.29 is 14.6 Å². The Morgan fingerprint density at radius 3 is 2.56 bits per heavy atom. The molecule has 96 valence electrons. The van der Waals surface area contributed by atoms with Crippen LogP contribution in [0.3, 0.4) is 0 Å². The van der Waals surface area contributed by atoms with Crippen LogP contribution in [0.2, 0.25) is 0 Å². The molecule has 4 nitrogen and oxygen atoms in total. The van der Waals surface area contributed by atoms with Crippen LogP contribution >= 0.6 is 0 Å². The van der Waals surface area contributed by atoms with Gasteiger partial charge in [0.25, 0.3) is 0 Å². The molecule has 0 aromatic heterocycles. The van der Waals surface area contributed by atoms with Crippen molar-refractivity contribution in [2.75, 3.05) is 20.3 Å². The quantitative estimate of drug-likeness (QED) is 0.680. The highest BCUT2D eigenvalue weighted by atomic mass is 16.5. The minimum atomic E-state index is 0.118. The molecule has 0 bridgehead atoms. The predicted molar refractivity (Wildman–Crippen MR) is 63.5 cm³/mol. The normalized spacial score (nSPS) is 31.5. The summed E-state index contributed by atoms with van der Waals surface area (Å²) in [5.74, 6) is 0.425. The summed E-state index contributed by atoms with van der Waals surface area (Å²) < 4.78 is 11.0. The number of nitrogens with one attached hydrogen (secondary N) is 1. The van der Waals surface area contributed by atoms with Crippen molar-refractivity contribution in [1.29, 1.82) is 0 Å². The zero-order chi connectivity index (χ0) is 12.1. The standard InChI is InChI=1S/C12H25NO3/c1-5-16-11-6-9(12(11)15-4)13-10(7-14)8(2)3/h8-14H,5-7H2,1-4H3. The molecule has 0 aromatic carbocycles. The van der Waals surface area contributed by atoms with Crippen molar-refractivity contribution in [3.63, 3.8) is 0 Å². The molecule has 0 spiro atoms. The molecule has 1 aliphatic rings. The average molecular weight is 231 g/mol. The minimum absolute atomic E-state index is 0.118. The highest BCUT2D eigenvalue weighted by molar-refractivity contribution is 4.98. The topological polar surface area (TPSA) is 50.7 Å². The Hall–Kier alpha value is -0.160. The first-order valence-corrected chi connectivity index (χ1v) is 6.15. The van der Waals surface area contributed by atoms with E-state index in [0.29, 0.717) is 12.0 Å². The maximum atomic E-state index is 9.26. The lowest BCUT2D eigenvalue weighted by molar-refractivity contribution is -0.134. The van der Waals surface area contributed by atoms with Gasteiger partial charge < -0.3 is 19.9 Å². The number of aliphatic hydroxyl groups is 1. The summed E-state index contributed by atoms with van der Waals surface area (Å²) in [6.45, 7) is 7.11. The SMILES string of the molecule is CCOC1CC(NC(CO)C(C)C)C1OC. The summed E-state index contributed by atoms with van der Waals surface area (Å²) in [6, 6.07) is 0.450. The van der Waals surface area contributed by atoms with E-state index in [9.17, 15) is 5.11 Å². The fourth-order valence-corrected chi connectivity index (χ4v) is 2.17. The molecule has 0 saturated heterocycles. The summed E-state index contributed by atoms with van der Waals surface area (Å²) in [7, 11) is 1.72. The molecule has 1 rings (SSSR count). The van der Waals surface area contributed by atoms with Crippen molar-refractivity contribution in [3.8, 4) is 0 Å². The average Bonchev–Trinajstić information content (AvgIpc) is 2.22. The molecule has 0 radical (unpaired) electrons. The van der Waals surface area contributed by atoms with Crippen LogP contribution in [0.25, 0.3) is 0 Å². The fraction of sp³-hybridized carbons (Fsp3) is 1.00. The predicted octanol–water partition coefficient (Wildman–Crippen LogP) is 0.785. The summed E-state index contributed by atoms with van der Waals surface area (Å²) >= 11 is 0. The van der Waals surface area contributed by atoms with E-state index in [2.05, 4.69) is 19.2 Å². The van der Waals surface area contributed by atoms with E-state index in [1.807, 2.05) is 6.92 Å². The van der Waals surface area contributed by atoms with Crippen LogP contribution in [-0.4, -0.2) is 49.7 Å². The first kappa shape index (κ1) is 13.9. The van der Waals surface area contributed by atoms with Crippen LogP contribution in [0.1, 0.15) is 27.2 Å². The van der Waals surface area contributed by atoms with Crippen LogP contribution in [0.5, 0.6) is 0 Å². The molecule has 4 unspecified atom stereocenters. The number of rotatable bonds is 7. The summed E-state index contributed by atoms with van der Waals surface area (Å²) in [6.07, 6.45) is 1.29. The zero-order valence-electron chi connectivity index (χ0n) is 10.8. The lowest BCUT2D eigenvalue weighted by atomic mass is 9.84. The van der Waals surface area contributed by atoms with Crippen molar-refractivity contribution in [2.24, 2.45) is 5.92 Å². The molecule has 1 fully saturated rings. The van der Waals surface area contributed by atoms with Gasteiger partial charge in [-0.1, -0.05) is 13.8 Å². The maximum Gasteiger partial charge on any atom is 0.0986 e. The fourth-order valence-electron chi connectivity index (χ4n) is 2.17. The molecule has 16 heavy (non-hydrogen) atoms. The molecular formula is C12H25NO3. The van der Waals surface area contributed by atoms with E-state index in [0.717, 1.165) is 13.0 Å². The van der Waals surface area contributed by atoms with Gasteiger partial charge in [-0.25, -0.2) is 0 Å². The first-order valence-electron chi connectivity index (χ1n) is 6.15. The Balaban J connectivity index is 2.39. The highest BCUT2D eigenvalue weighted by Gasteiger charge is 2.42. The highest BCUT2D eigenvalue weighted by Crippen LogP contribution is 2.27. The van der Waals surface area contributed by atoms with Crippen molar-refractivity contribution in [2.45, 2.75) is 51.5 Å². The van der Waals surface area contributed by atoms with E-state index in [4.69, 9.17) is 9.47 Å². The third kappa shape index (κ3) is 3.17. The molecule has 0 aromatic rings. The van der Waals surface area contributed by atoms with Crippen molar-refractivity contribution in [3.05, 3.63) is 0 Å². The molecule has 4 heteroatoms. The number of aliphatic hydroxyl groups excluding tert-OH is 1. The number of ether oxygens (including phenoxy) is 2. The van der Waals surface area contributed by atoms with Crippen LogP contribution in [0, 0.1) is 5.92 Å². The number of hydrogen-bond donors (Lipinski definition) is 2. The Morgan fingerprint density at radius 2 is 2.12 bits per heavy atom. The molecule has 2 N–H and O–H groups in total. The summed E-state index contributed by atoms with van der Waals surface area (Å²) in [5, 5.41) is 12.7. The maximum absolute atomic E-state index is 9.26. The van der Waals surface area contributed by atoms with Gasteiger partial charge in [0.2, 0.25) is 0 Å². The minimum Gasteiger partial charge on any atom is -0.395 e. The number of methoxy groups -OCH3 is 1. The Kier molecular flexibility index (Phi) is 5.69. The second-order valence-electron chi connectivity index (χ2n) is 4.74. The molecule has 1 saturated carbocycles. The van der Waals surface area contributed by atoms with Gasteiger partial charge in [0.05, 0.1) is 18.8 Å². The Bertz CT molecular complexity index is 199. The van der Waals surface area contributed by atoms with Gasteiger partial charge in [-0.05, 0) is 19.3 Å². The Morgan fingerprint density at radius 1 is 1.44 bits per heavy atom. The van der Waals surface area contributed by atoms with Gasteiger partial charge in [-0.2, -0.15) is 0 Å². The summed E-state index contributed by atoms with van der Waals surface area (Å²) in [5.41, 5.74) is 0. The van der Waals surface area contributed by atoms with Crippen LogP contribution in [0.4, 0.5) is 0 Å². The van der Waals surface area contributed by atoms with Crippen molar-refractivity contribution in [1.82, 2.24) is 5.32 Å². The second-order valence-corrected chi connectivity index (χ2v) is 4.74. The largest absolute Gasteiger partial charge is 0.395 e. The lowest BCUT2D eigenvalue weighted by Crippen LogP contribution is -2.62. The van der Waals surface area contributed by atoms with Crippen molar-refractivity contribution >= 4 is 0 Å².